The number of benzene rings is 6. The summed E-state index contributed by atoms with van der Waals surface area (Å²) in [5, 5.41) is 0. The van der Waals surface area contributed by atoms with Gasteiger partial charge in [0.1, 0.15) is 23.3 Å². The average Bonchev–Trinajstić information content (AvgIpc) is 3.49. The van der Waals surface area contributed by atoms with E-state index in [9.17, 15) is 0 Å². The van der Waals surface area contributed by atoms with Gasteiger partial charge in [-0.05, 0) is 24.3 Å². The molecule has 0 radical (unpaired) electrons. The minimum Gasteiger partial charge on any atom is -0.245 e. The van der Waals surface area contributed by atoms with E-state index in [1.54, 1.807) is 72.8 Å². The van der Waals surface area contributed by atoms with Crippen molar-refractivity contribution in [3.63, 3.8) is 0 Å². The lowest BCUT2D eigenvalue weighted by Gasteiger charge is -2.31. The molecule has 232 valence electrons. The summed E-state index contributed by atoms with van der Waals surface area (Å²) < 4.78 is 65.4. The Morgan fingerprint density at radius 1 is 0.426 bits per heavy atom. The van der Waals surface area contributed by atoms with Crippen molar-refractivity contribution in [3.8, 4) is 0 Å². The van der Waals surface area contributed by atoms with Gasteiger partial charge in [-0.3, -0.25) is 0 Å². The highest BCUT2D eigenvalue weighted by molar-refractivity contribution is 5.59. The van der Waals surface area contributed by atoms with Gasteiger partial charge >= 0.3 is 0 Å². The third-order valence-corrected chi connectivity index (χ3v) is 8.89. The maximum absolute atomic E-state index is 15.9. The number of nitrogens with zero attached hydrogens (tertiary/aromatic N) is 2. The zero-order valence-corrected chi connectivity index (χ0v) is 25.3. The molecule has 0 saturated carbocycles. The average molecular weight is 628 g/mol. The number of rotatable bonds is 8. The Balaban J connectivity index is 1.57. The lowest BCUT2D eigenvalue weighted by Crippen LogP contribution is -2.32. The molecular weight excluding hydrogens is 596 g/mol. The lowest BCUT2D eigenvalue weighted by molar-refractivity contribution is -0.596. The van der Waals surface area contributed by atoms with Gasteiger partial charge in [0.2, 0.25) is 6.34 Å². The summed E-state index contributed by atoms with van der Waals surface area (Å²) in [7, 11) is 0. The van der Waals surface area contributed by atoms with Crippen molar-refractivity contribution in [2.24, 2.45) is 0 Å². The molecule has 0 unspecified atom stereocenters. The van der Waals surface area contributed by atoms with E-state index < -0.39 is 47.4 Å². The first-order chi connectivity index (χ1) is 23.0. The summed E-state index contributed by atoms with van der Waals surface area (Å²) in [6, 6.07) is 41.9. The van der Waals surface area contributed by atoms with Crippen molar-refractivity contribution in [1.82, 2.24) is 4.90 Å². The molecule has 7 rings (SSSR count). The Labute approximate surface area is 271 Å². The molecular formula is C41H31F4N2+. The van der Waals surface area contributed by atoms with Gasteiger partial charge in [0, 0.05) is 33.4 Å². The quantitative estimate of drug-likeness (QED) is 0.120. The fraction of sp³-hybridized carbons (Fsp3) is 0.0976. The molecule has 1 aliphatic heterocycles. The Hall–Kier alpha value is -5.49. The number of hydrogen-bond donors (Lipinski definition) is 0. The van der Waals surface area contributed by atoms with E-state index in [2.05, 4.69) is 0 Å². The molecule has 6 aromatic carbocycles. The molecule has 0 N–H and O–H groups in total. The van der Waals surface area contributed by atoms with Gasteiger partial charge < -0.3 is 0 Å². The first-order valence-corrected chi connectivity index (χ1v) is 15.5. The van der Waals surface area contributed by atoms with E-state index in [1.807, 2.05) is 76.5 Å². The van der Waals surface area contributed by atoms with E-state index in [4.69, 9.17) is 0 Å². The van der Waals surface area contributed by atoms with E-state index in [0.717, 1.165) is 11.1 Å². The zero-order chi connectivity index (χ0) is 32.3. The van der Waals surface area contributed by atoms with Crippen molar-refractivity contribution in [1.29, 1.82) is 0 Å². The second-order valence-electron chi connectivity index (χ2n) is 11.6. The van der Waals surface area contributed by atoms with Crippen LogP contribution >= 0.6 is 0 Å². The first-order valence-electron chi connectivity index (χ1n) is 15.5. The molecule has 0 saturated heterocycles. The SMILES string of the molecule is Fc1ccccc1C(c1ccccc1F)N1C=[N+](C(c2ccccc2F)c2ccccc2F)[C@@H](c2ccccc2)[C@@H]1c1ccccc1. The highest BCUT2D eigenvalue weighted by atomic mass is 19.1. The lowest BCUT2D eigenvalue weighted by atomic mass is 9.87. The minimum atomic E-state index is -0.930. The molecule has 0 fully saturated rings. The first kappa shape index (κ1) is 30.2. The fourth-order valence-electron chi connectivity index (χ4n) is 6.85. The van der Waals surface area contributed by atoms with Crippen LogP contribution < -0.4 is 0 Å². The van der Waals surface area contributed by atoms with Crippen LogP contribution in [0.3, 0.4) is 0 Å². The molecule has 0 aromatic heterocycles. The fourth-order valence-corrected chi connectivity index (χ4v) is 6.85. The normalized spacial score (nSPS) is 16.1. The van der Waals surface area contributed by atoms with E-state index >= 15 is 17.6 Å². The van der Waals surface area contributed by atoms with Gasteiger partial charge in [0.15, 0.2) is 24.2 Å². The van der Waals surface area contributed by atoms with Crippen LogP contribution in [0.5, 0.6) is 0 Å². The van der Waals surface area contributed by atoms with Gasteiger partial charge in [-0.25, -0.2) is 27.0 Å². The summed E-state index contributed by atoms with van der Waals surface area (Å²) in [6.45, 7) is 0. The number of halogens is 4. The van der Waals surface area contributed by atoms with E-state index in [1.165, 1.54) is 24.3 Å². The molecule has 0 spiro atoms. The van der Waals surface area contributed by atoms with Crippen LogP contribution in [-0.4, -0.2) is 15.8 Å². The minimum absolute atomic E-state index is 0.275. The van der Waals surface area contributed by atoms with Crippen molar-refractivity contribution in [2.75, 3.05) is 0 Å². The molecule has 2 nitrogen and oxygen atoms in total. The maximum Gasteiger partial charge on any atom is 0.237 e. The standard InChI is InChI=1S/C41H31F4N2/c42-34-23-11-7-19-30(34)40(31-20-8-12-24-35(31)43)46-27-47(39(29-17-5-2-6-18-29)38(46)28-15-3-1-4-16-28)41(32-21-9-13-25-36(32)44)33-22-10-14-26-37(33)45/h1-27,38-41H/q+1/t38-,39-/m0/s1. The summed E-state index contributed by atoms with van der Waals surface area (Å²) in [5.41, 5.74) is 2.85. The predicted molar refractivity (Wildman–Crippen MR) is 176 cm³/mol. The highest BCUT2D eigenvalue weighted by Crippen LogP contribution is 2.50. The summed E-state index contributed by atoms with van der Waals surface area (Å²) in [6.07, 6.45) is 1.81. The van der Waals surface area contributed by atoms with Gasteiger partial charge in [-0.2, -0.15) is 0 Å². The molecule has 1 aliphatic rings. The third kappa shape index (κ3) is 5.72. The Morgan fingerprint density at radius 3 is 1.21 bits per heavy atom. The van der Waals surface area contributed by atoms with Gasteiger partial charge in [0.05, 0.1) is 0 Å². The van der Waals surface area contributed by atoms with Crippen molar-refractivity contribution in [3.05, 3.63) is 214 Å². The van der Waals surface area contributed by atoms with E-state index in [0.29, 0.717) is 0 Å². The smallest absolute Gasteiger partial charge is 0.237 e. The molecule has 6 aromatic rings. The molecule has 0 aliphatic carbocycles. The Morgan fingerprint density at radius 2 is 0.787 bits per heavy atom. The topological polar surface area (TPSA) is 6.25 Å². The molecule has 1 heterocycles. The van der Waals surface area contributed by atoms with Crippen LogP contribution in [0.4, 0.5) is 17.6 Å². The van der Waals surface area contributed by atoms with Gasteiger partial charge in [-0.15, -0.1) is 0 Å². The molecule has 47 heavy (non-hydrogen) atoms. The molecule has 6 heteroatoms. The van der Waals surface area contributed by atoms with Crippen LogP contribution in [0, 0.1) is 23.3 Å². The highest BCUT2D eigenvalue weighted by Gasteiger charge is 2.51. The van der Waals surface area contributed by atoms with Crippen LogP contribution in [0.15, 0.2) is 158 Å². The zero-order valence-electron chi connectivity index (χ0n) is 25.3. The second kappa shape index (κ2) is 13.1. The summed E-state index contributed by atoms with van der Waals surface area (Å²) in [4.78, 5) is 1.94. The van der Waals surface area contributed by atoms with Crippen molar-refractivity contribution >= 4 is 6.34 Å². The number of hydrogen-bond acceptors (Lipinski definition) is 1. The second-order valence-corrected chi connectivity index (χ2v) is 11.6. The van der Waals surface area contributed by atoms with Crippen LogP contribution in [0.1, 0.15) is 57.5 Å². The van der Waals surface area contributed by atoms with Crippen LogP contribution in [-0.2, 0) is 0 Å². The summed E-state index contributed by atoms with van der Waals surface area (Å²) >= 11 is 0. The Bertz CT molecular complexity index is 1940. The monoisotopic (exact) mass is 627 g/mol. The van der Waals surface area contributed by atoms with Crippen LogP contribution in [0.2, 0.25) is 0 Å². The van der Waals surface area contributed by atoms with Crippen molar-refractivity contribution in [2.45, 2.75) is 24.2 Å². The third-order valence-electron chi connectivity index (χ3n) is 8.89. The van der Waals surface area contributed by atoms with Gasteiger partial charge in [-0.1, -0.05) is 133 Å². The summed E-state index contributed by atoms with van der Waals surface area (Å²) in [5.74, 6) is -1.96. The van der Waals surface area contributed by atoms with Crippen molar-refractivity contribution < 1.29 is 22.1 Å². The van der Waals surface area contributed by atoms with Gasteiger partial charge in [0.25, 0.3) is 0 Å². The Kier molecular flexibility index (Phi) is 8.40. The largest absolute Gasteiger partial charge is 0.245 e. The maximum atomic E-state index is 15.9. The predicted octanol–water partition coefficient (Wildman–Crippen LogP) is 9.96. The van der Waals surface area contributed by atoms with Crippen LogP contribution in [0.25, 0.3) is 0 Å². The van der Waals surface area contributed by atoms with E-state index in [-0.39, 0.29) is 22.3 Å². The molecule has 0 bridgehead atoms. The molecule has 0 amide bonds. The molecule has 2 atom stereocenters.